The Morgan fingerprint density at radius 1 is 1.21 bits per heavy atom. The molecule has 0 aliphatic carbocycles. The van der Waals surface area contributed by atoms with Crippen LogP contribution < -0.4 is 5.14 Å². The first-order chi connectivity index (χ1) is 9.03. The van der Waals surface area contributed by atoms with E-state index in [1.165, 1.54) is 0 Å². The highest BCUT2D eigenvalue weighted by Crippen LogP contribution is 2.17. The topological polar surface area (TPSA) is 69.4 Å². The van der Waals surface area contributed by atoms with E-state index in [0.717, 1.165) is 24.8 Å². The fourth-order valence-corrected chi connectivity index (χ4v) is 2.78. The van der Waals surface area contributed by atoms with Gasteiger partial charge in [-0.2, -0.15) is 0 Å². The molecule has 0 aliphatic heterocycles. The molecule has 108 valence electrons. The third-order valence-electron chi connectivity index (χ3n) is 2.92. The van der Waals surface area contributed by atoms with Crippen LogP contribution >= 0.6 is 0 Å². The van der Waals surface area contributed by atoms with Gasteiger partial charge in [0.2, 0.25) is 10.0 Å². The van der Waals surface area contributed by atoms with Gasteiger partial charge in [0.05, 0.1) is 12.4 Å². The molecule has 0 spiro atoms. The molecule has 1 aromatic rings. The first-order valence-corrected chi connectivity index (χ1v) is 8.37. The van der Waals surface area contributed by atoms with Crippen LogP contribution in [0.5, 0.6) is 0 Å². The molecule has 19 heavy (non-hydrogen) atoms. The molecule has 0 aliphatic rings. The van der Waals surface area contributed by atoms with Crippen LogP contribution in [0.25, 0.3) is 0 Å². The third kappa shape index (κ3) is 7.30. The van der Waals surface area contributed by atoms with Gasteiger partial charge in [-0.1, -0.05) is 50.1 Å². The zero-order chi connectivity index (χ0) is 14.1. The predicted octanol–water partition coefficient (Wildman–Crippen LogP) is 2.27. The zero-order valence-corrected chi connectivity index (χ0v) is 12.2. The Morgan fingerprint density at radius 2 is 1.89 bits per heavy atom. The maximum atomic E-state index is 11.3. The summed E-state index contributed by atoms with van der Waals surface area (Å²) >= 11 is 0. The van der Waals surface area contributed by atoms with Crippen LogP contribution in [0.4, 0.5) is 0 Å². The number of benzene rings is 1. The van der Waals surface area contributed by atoms with Crippen molar-refractivity contribution in [3.05, 3.63) is 35.9 Å². The lowest BCUT2D eigenvalue weighted by atomic mass is 10.0. The average molecular weight is 285 g/mol. The van der Waals surface area contributed by atoms with Crippen LogP contribution in [-0.4, -0.2) is 27.4 Å². The summed E-state index contributed by atoms with van der Waals surface area (Å²) in [6.45, 7) is 3.19. The first kappa shape index (κ1) is 16.1. The van der Waals surface area contributed by atoms with E-state index in [2.05, 4.69) is 6.92 Å². The highest BCUT2D eigenvalue weighted by Gasteiger charge is 2.18. The van der Waals surface area contributed by atoms with Crippen molar-refractivity contribution in [1.29, 1.82) is 0 Å². The Kier molecular flexibility index (Phi) is 7.05. The van der Waals surface area contributed by atoms with Crippen molar-refractivity contribution in [2.45, 2.75) is 32.1 Å². The number of unbranched alkanes of at least 4 members (excludes halogenated alkanes) is 2. The maximum Gasteiger partial charge on any atom is 0.209 e. The van der Waals surface area contributed by atoms with Crippen molar-refractivity contribution >= 4 is 10.0 Å². The van der Waals surface area contributed by atoms with Crippen LogP contribution in [0.1, 0.15) is 37.7 Å². The summed E-state index contributed by atoms with van der Waals surface area (Å²) in [5.41, 5.74) is 0.951. The third-order valence-corrected chi connectivity index (χ3v) is 3.78. The van der Waals surface area contributed by atoms with Gasteiger partial charge in [-0.15, -0.1) is 0 Å². The number of sulfonamides is 1. The van der Waals surface area contributed by atoms with Gasteiger partial charge in [0.15, 0.2) is 0 Å². The van der Waals surface area contributed by atoms with E-state index in [-0.39, 0.29) is 11.7 Å². The predicted molar refractivity (Wildman–Crippen MR) is 77.5 cm³/mol. The first-order valence-electron chi connectivity index (χ1n) is 6.66. The minimum atomic E-state index is -3.50. The van der Waals surface area contributed by atoms with E-state index in [0.29, 0.717) is 13.2 Å². The molecule has 0 bridgehead atoms. The monoisotopic (exact) mass is 285 g/mol. The lowest BCUT2D eigenvalue weighted by Crippen LogP contribution is -2.24. The molecule has 5 heteroatoms. The summed E-state index contributed by atoms with van der Waals surface area (Å²) in [6.07, 6.45) is 3.28. The fraction of sp³-hybridized carbons (Fsp3) is 0.571. The Labute approximate surface area is 116 Å². The van der Waals surface area contributed by atoms with Crippen LogP contribution in [0.2, 0.25) is 0 Å². The second kappa shape index (κ2) is 8.30. The van der Waals surface area contributed by atoms with E-state index < -0.39 is 10.0 Å². The molecule has 0 aromatic heterocycles. The van der Waals surface area contributed by atoms with Gasteiger partial charge >= 0.3 is 0 Å². The Morgan fingerprint density at radius 3 is 2.47 bits per heavy atom. The molecule has 1 atom stereocenters. The molecule has 0 saturated carbocycles. The van der Waals surface area contributed by atoms with Crippen molar-refractivity contribution in [2.75, 3.05) is 19.0 Å². The lowest BCUT2D eigenvalue weighted by Gasteiger charge is -2.16. The quantitative estimate of drug-likeness (QED) is 0.708. The van der Waals surface area contributed by atoms with Gasteiger partial charge in [0.1, 0.15) is 0 Å². The van der Waals surface area contributed by atoms with Crippen molar-refractivity contribution < 1.29 is 13.2 Å². The molecule has 0 saturated heterocycles. The number of ether oxygens (including phenoxy) is 1. The van der Waals surface area contributed by atoms with E-state index in [4.69, 9.17) is 9.88 Å². The molecule has 1 rings (SSSR count). The largest absolute Gasteiger partial charge is 0.381 e. The standard InChI is InChI=1S/C14H23NO3S/c1-2-3-7-10-18-11-14(12-19(15,16)17)13-8-5-4-6-9-13/h4-6,8-9,14H,2-3,7,10-12H2,1H3,(H2,15,16,17). The molecule has 2 N–H and O–H groups in total. The van der Waals surface area contributed by atoms with Crippen LogP contribution in [0.15, 0.2) is 30.3 Å². The maximum absolute atomic E-state index is 11.3. The fourth-order valence-electron chi connectivity index (χ4n) is 1.93. The zero-order valence-electron chi connectivity index (χ0n) is 11.4. The van der Waals surface area contributed by atoms with Gasteiger partial charge in [-0.05, 0) is 12.0 Å². The van der Waals surface area contributed by atoms with Gasteiger partial charge < -0.3 is 4.74 Å². The average Bonchev–Trinajstić information content (AvgIpc) is 2.37. The molecule has 0 radical (unpaired) electrons. The minimum Gasteiger partial charge on any atom is -0.381 e. The summed E-state index contributed by atoms with van der Waals surface area (Å²) in [4.78, 5) is 0. The summed E-state index contributed by atoms with van der Waals surface area (Å²) in [7, 11) is -3.50. The summed E-state index contributed by atoms with van der Waals surface area (Å²) < 4.78 is 28.1. The number of primary sulfonamides is 1. The van der Waals surface area contributed by atoms with Crippen LogP contribution in [-0.2, 0) is 14.8 Å². The molecular formula is C14H23NO3S. The van der Waals surface area contributed by atoms with Crippen LogP contribution in [0, 0.1) is 0 Å². The second-order valence-corrected chi connectivity index (χ2v) is 6.38. The molecule has 0 heterocycles. The molecule has 1 aromatic carbocycles. The molecule has 4 nitrogen and oxygen atoms in total. The smallest absolute Gasteiger partial charge is 0.209 e. The Bertz CT molecular complexity index is 445. The Balaban J connectivity index is 2.56. The van der Waals surface area contributed by atoms with Crippen molar-refractivity contribution in [3.63, 3.8) is 0 Å². The van der Waals surface area contributed by atoms with E-state index >= 15 is 0 Å². The van der Waals surface area contributed by atoms with Gasteiger partial charge in [-0.3, -0.25) is 0 Å². The van der Waals surface area contributed by atoms with Crippen molar-refractivity contribution in [3.8, 4) is 0 Å². The summed E-state index contributed by atoms with van der Waals surface area (Å²) in [5, 5.41) is 5.14. The van der Waals surface area contributed by atoms with Crippen LogP contribution in [0.3, 0.4) is 0 Å². The number of hydrogen-bond donors (Lipinski definition) is 1. The van der Waals surface area contributed by atoms with Gasteiger partial charge in [-0.25, -0.2) is 13.6 Å². The van der Waals surface area contributed by atoms with E-state index in [9.17, 15) is 8.42 Å². The number of nitrogens with two attached hydrogens (primary N) is 1. The molecular weight excluding hydrogens is 262 g/mol. The summed E-state index contributed by atoms with van der Waals surface area (Å²) in [6, 6.07) is 9.50. The SMILES string of the molecule is CCCCCOCC(CS(N)(=O)=O)c1ccccc1. The van der Waals surface area contributed by atoms with Crippen molar-refractivity contribution in [2.24, 2.45) is 5.14 Å². The lowest BCUT2D eigenvalue weighted by molar-refractivity contribution is 0.120. The Hall–Kier alpha value is -0.910. The van der Waals surface area contributed by atoms with Crippen molar-refractivity contribution in [1.82, 2.24) is 0 Å². The second-order valence-electron chi connectivity index (χ2n) is 4.72. The number of hydrogen-bond acceptors (Lipinski definition) is 3. The van der Waals surface area contributed by atoms with Gasteiger partial charge in [0.25, 0.3) is 0 Å². The normalized spacial score (nSPS) is 13.4. The molecule has 0 amide bonds. The highest BCUT2D eigenvalue weighted by atomic mass is 32.2. The minimum absolute atomic E-state index is 0.0786. The number of rotatable bonds is 9. The van der Waals surface area contributed by atoms with E-state index in [1.54, 1.807) is 0 Å². The highest BCUT2D eigenvalue weighted by molar-refractivity contribution is 7.89. The van der Waals surface area contributed by atoms with E-state index in [1.807, 2.05) is 30.3 Å². The molecule has 0 fully saturated rings. The van der Waals surface area contributed by atoms with Gasteiger partial charge in [0, 0.05) is 12.5 Å². The summed E-state index contributed by atoms with van der Waals surface area (Å²) in [5.74, 6) is -0.275. The molecule has 1 unspecified atom stereocenters.